The second-order valence-electron chi connectivity index (χ2n) is 5.82. The molecule has 0 spiro atoms. The topological polar surface area (TPSA) is 37.6 Å². The second kappa shape index (κ2) is 6.07. The van der Waals surface area contributed by atoms with Gasteiger partial charge in [0.05, 0.1) is 18.7 Å². The summed E-state index contributed by atoms with van der Waals surface area (Å²) >= 11 is 0. The van der Waals surface area contributed by atoms with Crippen LogP contribution in [0.25, 0.3) is 0 Å². The molecule has 2 rings (SSSR count). The van der Waals surface area contributed by atoms with Gasteiger partial charge in [-0.25, -0.2) is 0 Å². The highest BCUT2D eigenvalue weighted by atomic mass is 16.5. The van der Waals surface area contributed by atoms with Crippen LogP contribution in [0.1, 0.15) is 36.8 Å². The third-order valence-electron chi connectivity index (χ3n) is 4.02. The Morgan fingerprint density at radius 2 is 2.32 bits per heavy atom. The largest absolute Gasteiger partial charge is 0.463 e. The minimum absolute atomic E-state index is 0.00626. The molecule has 1 saturated heterocycles. The van der Waals surface area contributed by atoms with Crippen LogP contribution >= 0.6 is 0 Å². The van der Waals surface area contributed by atoms with Gasteiger partial charge < -0.3 is 14.5 Å². The number of hydrogen-bond donors (Lipinski definition) is 1. The first-order valence-electron chi connectivity index (χ1n) is 7.06. The summed E-state index contributed by atoms with van der Waals surface area (Å²) in [7, 11) is 3.75. The van der Waals surface area contributed by atoms with E-state index in [-0.39, 0.29) is 5.60 Å². The van der Waals surface area contributed by atoms with E-state index in [1.165, 1.54) is 12.0 Å². The Labute approximate surface area is 116 Å². The van der Waals surface area contributed by atoms with E-state index < -0.39 is 0 Å². The molecule has 108 valence electrons. The molecule has 4 nitrogen and oxygen atoms in total. The number of nitrogens with zero attached hydrogens (tertiary/aromatic N) is 1. The van der Waals surface area contributed by atoms with E-state index in [2.05, 4.69) is 30.1 Å². The lowest BCUT2D eigenvalue weighted by Crippen LogP contribution is -2.46. The Hall–Kier alpha value is -0.840. The van der Waals surface area contributed by atoms with Gasteiger partial charge in [0, 0.05) is 13.7 Å². The molecule has 0 radical (unpaired) electrons. The molecule has 1 aliphatic heterocycles. The van der Waals surface area contributed by atoms with E-state index in [1.807, 2.05) is 14.2 Å². The van der Waals surface area contributed by atoms with Gasteiger partial charge in [0.2, 0.25) is 0 Å². The van der Waals surface area contributed by atoms with E-state index in [0.29, 0.717) is 0 Å². The summed E-state index contributed by atoms with van der Waals surface area (Å²) in [6, 6.07) is 2.16. The van der Waals surface area contributed by atoms with E-state index in [4.69, 9.17) is 9.15 Å². The van der Waals surface area contributed by atoms with Gasteiger partial charge in [-0.2, -0.15) is 0 Å². The molecule has 19 heavy (non-hydrogen) atoms. The van der Waals surface area contributed by atoms with Crippen molar-refractivity contribution < 1.29 is 9.15 Å². The smallest absolute Gasteiger partial charge is 0.120 e. The predicted octanol–water partition coefficient (Wildman–Crippen LogP) is 2.31. The van der Waals surface area contributed by atoms with Crippen LogP contribution in [0.15, 0.2) is 10.5 Å². The quantitative estimate of drug-likeness (QED) is 0.887. The molecule has 1 aliphatic rings. The summed E-state index contributed by atoms with van der Waals surface area (Å²) in [4.78, 5) is 2.43. The number of methoxy groups -OCH3 is 1. The first kappa shape index (κ1) is 14.6. The Bertz CT molecular complexity index is 416. The predicted molar refractivity (Wildman–Crippen MR) is 76.1 cm³/mol. The van der Waals surface area contributed by atoms with Crippen LogP contribution in [0, 0.1) is 6.92 Å². The minimum atomic E-state index is -0.00626. The average Bonchev–Trinajstić information content (AvgIpc) is 2.70. The van der Waals surface area contributed by atoms with Crippen molar-refractivity contribution in [2.75, 3.05) is 27.2 Å². The monoisotopic (exact) mass is 266 g/mol. The number of rotatable bonds is 5. The Kier molecular flexibility index (Phi) is 4.66. The van der Waals surface area contributed by atoms with Crippen LogP contribution in [0.3, 0.4) is 0 Å². The maximum absolute atomic E-state index is 5.91. The molecule has 0 amide bonds. The summed E-state index contributed by atoms with van der Waals surface area (Å²) < 4.78 is 11.5. The van der Waals surface area contributed by atoms with Crippen LogP contribution < -0.4 is 5.32 Å². The van der Waals surface area contributed by atoms with E-state index >= 15 is 0 Å². The average molecular weight is 266 g/mol. The molecule has 1 N–H and O–H groups in total. The number of furan rings is 1. The molecule has 4 heteroatoms. The maximum Gasteiger partial charge on any atom is 0.120 e. The molecule has 2 heterocycles. The lowest BCUT2D eigenvalue weighted by Gasteiger charge is -2.39. The fourth-order valence-corrected chi connectivity index (χ4v) is 2.83. The van der Waals surface area contributed by atoms with Gasteiger partial charge in [-0.3, -0.25) is 4.90 Å². The number of ether oxygens (including phenoxy) is 1. The SMILES string of the molecule is CNCc1oc(CN2CCCC(C)(OC)C2)cc1C. The summed E-state index contributed by atoms with van der Waals surface area (Å²) in [5.74, 6) is 2.10. The van der Waals surface area contributed by atoms with E-state index in [0.717, 1.165) is 44.1 Å². The zero-order valence-corrected chi connectivity index (χ0v) is 12.6. The highest BCUT2D eigenvalue weighted by molar-refractivity contribution is 5.20. The third kappa shape index (κ3) is 3.59. The number of hydrogen-bond acceptors (Lipinski definition) is 4. The molecule has 0 bridgehead atoms. The number of nitrogens with one attached hydrogen (secondary N) is 1. The number of piperidine rings is 1. The van der Waals surface area contributed by atoms with Crippen molar-refractivity contribution >= 4 is 0 Å². The van der Waals surface area contributed by atoms with Crippen molar-refractivity contribution in [3.05, 3.63) is 23.2 Å². The molecule has 1 aromatic rings. The van der Waals surface area contributed by atoms with Crippen LogP contribution in [-0.4, -0.2) is 37.7 Å². The van der Waals surface area contributed by atoms with Crippen LogP contribution in [-0.2, 0) is 17.8 Å². The normalized spacial score (nSPS) is 24.8. The summed E-state index contributed by atoms with van der Waals surface area (Å²) in [5, 5.41) is 3.14. The minimum Gasteiger partial charge on any atom is -0.463 e. The Balaban J connectivity index is 1.99. The van der Waals surface area contributed by atoms with Crippen LogP contribution in [0.2, 0.25) is 0 Å². The van der Waals surface area contributed by atoms with Crippen molar-refractivity contribution in [1.29, 1.82) is 0 Å². The Morgan fingerprint density at radius 3 is 3.00 bits per heavy atom. The standard InChI is InChI=1S/C15H26N2O2/c1-12-8-13(19-14(12)9-16-3)10-17-7-5-6-15(2,11-17)18-4/h8,16H,5-7,9-11H2,1-4H3. The van der Waals surface area contributed by atoms with Crippen molar-refractivity contribution in [2.45, 2.75) is 45.4 Å². The fourth-order valence-electron chi connectivity index (χ4n) is 2.83. The maximum atomic E-state index is 5.91. The molecule has 0 aliphatic carbocycles. The number of aryl methyl sites for hydroxylation is 1. The highest BCUT2D eigenvalue weighted by Crippen LogP contribution is 2.26. The lowest BCUT2D eigenvalue weighted by molar-refractivity contribution is -0.0539. The molecule has 0 saturated carbocycles. The van der Waals surface area contributed by atoms with Crippen molar-refractivity contribution in [3.8, 4) is 0 Å². The lowest BCUT2D eigenvalue weighted by atomic mass is 9.95. The molecule has 0 aromatic carbocycles. The van der Waals surface area contributed by atoms with Crippen LogP contribution in [0.4, 0.5) is 0 Å². The molecular formula is C15H26N2O2. The van der Waals surface area contributed by atoms with Crippen LogP contribution in [0.5, 0.6) is 0 Å². The summed E-state index contributed by atoms with van der Waals surface area (Å²) in [6.07, 6.45) is 2.33. The molecule has 1 fully saturated rings. The molecular weight excluding hydrogens is 240 g/mol. The zero-order valence-electron chi connectivity index (χ0n) is 12.6. The van der Waals surface area contributed by atoms with Gasteiger partial charge >= 0.3 is 0 Å². The van der Waals surface area contributed by atoms with E-state index in [9.17, 15) is 0 Å². The van der Waals surface area contributed by atoms with Gasteiger partial charge in [0.15, 0.2) is 0 Å². The zero-order chi connectivity index (χ0) is 13.9. The molecule has 1 atom stereocenters. The first-order chi connectivity index (χ1) is 9.06. The second-order valence-corrected chi connectivity index (χ2v) is 5.82. The van der Waals surface area contributed by atoms with E-state index in [1.54, 1.807) is 0 Å². The van der Waals surface area contributed by atoms with Gasteiger partial charge in [-0.1, -0.05) is 0 Å². The van der Waals surface area contributed by atoms with Gasteiger partial charge in [-0.05, 0) is 51.9 Å². The highest BCUT2D eigenvalue weighted by Gasteiger charge is 2.31. The molecule has 1 aromatic heterocycles. The summed E-state index contributed by atoms with van der Waals surface area (Å²) in [6.45, 7) is 8.07. The fraction of sp³-hybridized carbons (Fsp3) is 0.733. The summed E-state index contributed by atoms with van der Waals surface area (Å²) in [5.41, 5.74) is 1.23. The molecule has 1 unspecified atom stereocenters. The Morgan fingerprint density at radius 1 is 1.53 bits per heavy atom. The van der Waals surface area contributed by atoms with Crippen molar-refractivity contribution in [1.82, 2.24) is 10.2 Å². The number of likely N-dealkylation sites (tertiary alicyclic amines) is 1. The first-order valence-corrected chi connectivity index (χ1v) is 7.06. The van der Waals surface area contributed by atoms with Gasteiger partial charge in [-0.15, -0.1) is 0 Å². The van der Waals surface area contributed by atoms with Gasteiger partial charge in [0.25, 0.3) is 0 Å². The third-order valence-corrected chi connectivity index (χ3v) is 4.02. The van der Waals surface area contributed by atoms with Gasteiger partial charge in [0.1, 0.15) is 11.5 Å². The van der Waals surface area contributed by atoms with Crippen molar-refractivity contribution in [2.24, 2.45) is 0 Å². The van der Waals surface area contributed by atoms with Crippen molar-refractivity contribution in [3.63, 3.8) is 0 Å².